The molecule has 12 atom stereocenters. The lowest BCUT2D eigenvalue weighted by molar-refractivity contribution is -0.157. The molecule has 10 nitrogen and oxygen atoms in total. The number of cyclic esters (lactones) is 1. The minimum Gasteiger partial charge on any atom is -0.456 e. The monoisotopic (exact) mass is 1020 g/mol. The zero-order valence-corrected chi connectivity index (χ0v) is 51.0. The predicted octanol–water partition coefficient (Wildman–Crippen LogP) is 14.1. The summed E-state index contributed by atoms with van der Waals surface area (Å²) in [7, 11) is -5.18. The minimum atomic E-state index is -2.53. The van der Waals surface area contributed by atoms with E-state index in [-0.39, 0.29) is 59.2 Å². The smallest absolute Gasteiger partial charge is 0.331 e. The van der Waals surface area contributed by atoms with Crippen molar-refractivity contribution in [2.75, 3.05) is 13.9 Å². The first-order valence-electron chi connectivity index (χ1n) is 26.7. The van der Waals surface area contributed by atoms with E-state index >= 15 is 0 Å². The average Bonchev–Trinajstić information content (AvgIpc) is 3.37. The van der Waals surface area contributed by atoms with Crippen LogP contribution in [0.15, 0.2) is 47.6 Å². The number of Topliss-reactive ketones (excluding diaryl/α,β-unsaturated/α-hetero) is 1. The molecule has 0 aliphatic carbocycles. The summed E-state index contributed by atoms with van der Waals surface area (Å²) < 4.78 is 47.6. The molecule has 0 aromatic rings. The topological polar surface area (TPSA) is 119 Å². The Balaban J connectivity index is 2.78. The molecule has 400 valence electrons. The van der Waals surface area contributed by atoms with Crippen molar-refractivity contribution in [2.24, 2.45) is 23.7 Å². The molecule has 1 saturated heterocycles. The van der Waals surface area contributed by atoms with Crippen molar-refractivity contribution in [3.8, 4) is 0 Å². The van der Waals surface area contributed by atoms with Crippen LogP contribution in [0.5, 0.6) is 0 Å². The van der Waals surface area contributed by atoms with Gasteiger partial charge in [-0.15, -0.1) is 0 Å². The highest BCUT2D eigenvalue weighted by Gasteiger charge is 2.50. The van der Waals surface area contributed by atoms with Crippen LogP contribution >= 0.6 is 0 Å². The van der Waals surface area contributed by atoms with Crippen LogP contribution in [0.1, 0.15) is 156 Å². The second kappa shape index (κ2) is 27.1. The van der Waals surface area contributed by atoms with Gasteiger partial charge in [0.05, 0.1) is 24.4 Å². The van der Waals surface area contributed by atoms with Crippen LogP contribution in [0.3, 0.4) is 0 Å². The van der Waals surface area contributed by atoms with Crippen LogP contribution < -0.4 is 0 Å². The number of aliphatic hydroxyl groups excluding tert-OH is 1. The summed E-state index contributed by atoms with van der Waals surface area (Å²) in [4.78, 5) is 28.7. The van der Waals surface area contributed by atoms with Crippen molar-refractivity contribution in [3.63, 3.8) is 0 Å². The van der Waals surface area contributed by atoms with Gasteiger partial charge in [0.15, 0.2) is 25.0 Å². The Labute approximate surface area is 425 Å². The number of hydrogen-bond acceptors (Lipinski definition) is 10. The van der Waals surface area contributed by atoms with E-state index in [4.69, 9.17) is 32.2 Å². The Morgan fingerprint density at radius 2 is 1.48 bits per heavy atom. The number of ketones is 1. The Kier molecular flexibility index (Phi) is 25.0. The Bertz CT molecular complexity index is 1710. The lowest BCUT2D eigenvalue weighted by atomic mass is 9.79. The number of aliphatic hydroxyl groups is 1. The van der Waals surface area contributed by atoms with Crippen molar-refractivity contribution < 1.29 is 46.9 Å². The molecular formula is C56H104O10Si3. The molecule has 2 aliphatic rings. The van der Waals surface area contributed by atoms with Gasteiger partial charge >= 0.3 is 5.97 Å². The quantitative estimate of drug-likeness (QED) is 0.0638. The Morgan fingerprint density at radius 3 is 2.01 bits per heavy atom. The molecule has 1 fully saturated rings. The molecule has 0 radical (unpaired) electrons. The molecule has 2 bridgehead atoms. The number of fused-ring (bicyclic) bond motifs is 2. The van der Waals surface area contributed by atoms with E-state index in [1.165, 1.54) is 6.08 Å². The summed E-state index contributed by atoms with van der Waals surface area (Å²) in [5.74, 6) is -2.06. The minimum absolute atomic E-state index is 0.00803. The number of allylic oxidation sites excluding steroid dienone is 5. The lowest BCUT2D eigenvalue weighted by Gasteiger charge is -2.45. The van der Waals surface area contributed by atoms with Gasteiger partial charge in [0.2, 0.25) is 0 Å². The van der Waals surface area contributed by atoms with Gasteiger partial charge in [-0.25, -0.2) is 4.79 Å². The van der Waals surface area contributed by atoms with Crippen LogP contribution in [0, 0.1) is 23.7 Å². The fraction of sp³-hybridized carbons (Fsp3) is 0.821. The predicted molar refractivity (Wildman–Crippen MR) is 293 cm³/mol. The number of carbonyl (C=O) groups excluding carboxylic acids is 2. The maximum atomic E-state index is 14.5. The van der Waals surface area contributed by atoms with E-state index < -0.39 is 72.8 Å². The third-order valence-corrected chi connectivity index (χ3v) is 30.6. The van der Waals surface area contributed by atoms with E-state index in [9.17, 15) is 14.7 Å². The highest BCUT2D eigenvalue weighted by molar-refractivity contribution is 6.74. The molecule has 0 spiro atoms. The van der Waals surface area contributed by atoms with Gasteiger partial charge in [-0.3, -0.25) is 4.79 Å². The molecule has 2 heterocycles. The van der Waals surface area contributed by atoms with Crippen molar-refractivity contribution in [2.45, 2.75) is 259 Å². The van der Waals surface area contributed by atoms with E-state index in [1.54, 1.807) is 13.2 Å². The fourth-order valence-electron chi connectivity index (χ4n) is 9.43. The van der Waals surface area contributed by atoms with Gasteiger partial charge in [0.25, 0.3) is 0 Å². The molecule has 13 heteroatoms. The lowest BCUT2D eigenvalue weighted by Crippen LogP contribution is -2.54. The molecule has 0 unspecified atom stereocenters. The number of carbonyl (C=O) groups is 2. The Morgan fingerprint density at radius 1 is 0.899 bits per heavy atom. The number of unbranched alkanes of at least 4 members (excludes halogenated alkanes) is 2. The van der Waals surface area contributed by atoms with Crippen LogP contribution in [-0.2, 0) is 41.8 Å². The summed E-state index contributed by atoms with van der Waals surface area (Å²) in [6, 6.07) is 3.02. The van der Waals surface area contributed by atoms with Gasteiger partial charge in [0, 0.05) is 49.4 Å². The van der Waals surface area contributed by atoms with Gasteiger partial charge in [-0.2, -0.15) is 0 Å². The van der Waals surface area contributed by atoms with Crippen LogP contribution in [0.25, 0.3) is 0 Å². The SMILES string of the molecule is CCCCC[C@@H]1OCO[C@@]2(C)/C=C(C)/C=C/C(=O)O[C@H]([C@@H](C)[C@@H](O[Si](C)(C)C(C)(C)C)[C@H](C)C(=O)C[C@@H](O)[C@H](C)[C@@H](C)O[Si](C)(C)C(C)(C)C)[C@@H](OC)/C=C/C=C(\C)C[C@H]1[C@H]2O[Si](CC)(CC)CC. The van der Waals surface area contributed by atoms with Crippen LogP contribution in [-0.4, -0.2) is 104 Å². The summed E-state index contributed by atoms with van der Waals surface area (Å²) in [6.07, 6.45) is 12.7. The maximum absolute atomic E-state index is 14.5. The molecular weight excluding hydrogens is 917 g/mol. The van der Waals surface area contributed by atoms with Crippen molar-refractivity contribution in [1.82, 2.24) is 0 Å². The molecule has 2 rings (SSSR count). The van der Waals surface area contributed by atoms with E-state index in [1.807, 2.05) is 46.8 Å². The number of rotatable bonds is 22. The summed E-state index contributed by atoms with van der Waals surface area (Å²) in [5.41, 5.74) is 1.16. The highest BCUT2D eigenvalue weighted by Crippen LogP contribution is 2.44. The van der Waals surface area contributed by atoms with E-state index in [0.29, 0.717) is 0 Å². The number of methoxy groups -OCH3 is 1. The fourth-order valence-corrected chi connectivity index (χ4v) is 15.3. The number of ether oxygens (including phenoxy) is 4. The summed E-state index contributed by atoms with van der Waals surface area (Å²) in [5, 5.41) is 11.5. The third kappa shape index (κ3) is 17.8. The molecule has 0 amide bonds. The van der Waals surface area contributed by atoms with Crippen molar-refractivity contribution in [1.29, 1.82) is 0 Å². The number of esters is 1. The standard InChI is InChI=1S/C56H104O10Si3/c1-23-27-28-31-48-45-35-39(5)30-29-32-49(60-18)52(63-50(59)34-33-40(6)37-56(17,62-38-61-48)53(45)66-69(24-2,25-3)26-4)43(9)51(65-68(21,22)55(14,15)16)42(8)47(58)36-46(57)41(7)44(10)64-67(19,20)54(11,12)13/h29-30,32-34,37,41-46,48-49,51-53,57H,23-28,31,35-36,38H2,1-22H3/b32-29+,34-33+,39-30+,40-37+/t41-,42-,43+,44-,45-,46-,48+,49+,51+,52-,53-,56+/m1/s1. The molecule has 69 heavy (non-hydrogen) atoms. The first-order valence-corrected chi connectivity index (χ1v) is 35.1. The molecule has 1 N–H and O–H groups in total. The summed E-state index contributed by atoms with van der Waals surface area (Å²) >= 11 is 0. The first kappa shape index (κ1) is 63.6. The zero-order valence-electron chi connectivity index (χ0n) is 48.0. The third-order valence-electron chi connectivity index (χ3n) is 16.9. The molecule has 2 aliphatic heterocycles. The van der Waals surface area contributed by atoms with Gasteiger partial charge in [0.1, 0.15) is 30.4 Å². The second-order valence-electron chi connectivity index (χ2n) is 24.2. The molecule has 0 aromatic heterocycles. The van der Waals surface area contributed by atoms with Crippen LogP contribution in [0.2, 0.25) is 54.4 Å². The largest absolute Gasteiger partial charge is 0.456 e. The first-order chi connectivity index (χ1) is 31.8. The maximum Gasteiger partial charge on any atom is 0.331 e. The van der Waals surface area contributed by atoms with E-state index in [0.717, 1.165) is 61.4 Å². The van der Waals surface area contributed by atoms with E-state index in [2.05, 4.69) is 121 Å². The van der Waals surface area contributed by atoms with Crippen molar-refractivity contribution >= 4 is 36.7 Å². The normalized spacial score (nSPS) is 29.2. The van der Waals surface area contributed by atoms with Crippen molar-refractivity contribution in [3.05, 3.63) is 47.6 Å². The molecule has 0 saturated carbocycles. The summed E-state index contributed by atoms with van der Waals surface area (Å²) in [6.45, 7) is 45.2. The molecule has 0 aromatic carbocycles. The number of hydrogen-bond donors (Lipinski definition) is 1. The van der Waals surface area contributed by atoms with Gasteiger partial charge in [-0.1, -0.05) is 145 Å². The van der Waals surface area contributed by atoms with Gasteiger partial charge in [-0.05, 0) is 101 Å². The second-order valence-corrected chi connectivity index (χ2v) is 38.4. The average molecular weight is 1020 g/mol. The zero-order chi connectivity index (χ0) is 52.9. The van der Waals surface area contributed by atoms with Crippen LogP contribution in [0.4, 0.5) is 0 Å². The Hall–Kier alpha value is -1.53. The highest BCUT2D eigenvalue weighted by atomic mass is 28.4. The van der Waals surface area contributed by atoms with Gasteiger partial charge < -0.3 is 37.3 Å².